The lowest BCUT2D eigenvalue weighted by molar-refractivity contribution is -0.928. The fraction of sp³-hybridized carbons (Fsp3) is 1.00. The van der Waals surface area contributed by atoms with Gasteiger partial charge in [-0.15, -0.1) is 0 Å². The Hall–Kier alpha value is -0.0800. The molecule has 2 nitrogen and oxygen atoms in total. The van der Waals surface area contributed by atoms with Crippen molar-refractivity contribution in [2.45, 2.75) is 96.6 Å². The second-order valence-corrected chi connectivity index (χ2v) is 11.9. The first-order valence-corrected chi connectivity index (χ1v) is 11.9. The Morgan fingerprint density at radius 2 is 1.50 bits per heavy atom. The van der Waals surface area contributed by atoms with Crippen molar-refractivity contribution < 1.29 is 9.59 Å². The van der Waals surface area contributed by atoms with Gasteiger partial charge in [-0.3, -0.25) is 0 Å². The van der Waals surface area contributed by atoms with Gasteiger partial charge >= 0.3 is 0 Å². The fourth-order valence-electron chi connectivity index (χ4n) is 9.60. The highest BCUT2D eigenvalue weighted by molar-refractivity contribution is 5.10. The summed E-state index contributed by atoms with van der Waals surface area (Å²) in [6.07, 6.45) is 15.2. The zero-order valence-corrected chi connectivity index (χ0v) is 17.6. The van der Waals surface area contributed by atoms with E-state index in [2.05, 4.69) is 20.9 Å². The standard InChI is InChI=1S/C24H42NO/c1-23-12-10-18(26)16-17(23)6-7-19-20-8-9-22(25(3)14-4-5-15-25)24(20,2)13-11-21(19)23/h17-22,26H,4-16H2,1-3H3/q+1/t17-,18-,19-,20-,21-,22-,23-,24-/m0/s1. The maximum Gasteiger partial charge on any atom is 0.0945 e. The number of likely N-dealkylation sites (tertiary alicyclic amines) is 1. The summed E-state index contributed by atoms with van der Waals surface area (Å²) in [6.45, 7) is 8.23. The number of aliphatic hydroxyl groups excluding tert-OH is 1. The minimum Gasteiger partial charge on any atom is -0.393 e. The molecular formula is C24H42NO+. The molecule has 1 aliphatic heterocycles. The van der Waals surface area contributed by atoms with Crippen LogP contribution in [0.2, 0.25) is 0 Å². The summed E-state index contributed by atoms with van der Waals surface area (Å²) in [6, 6.07) is 0.939. The summed E-state index contributed by atoms with van der Waals surface area (Å²) in [4.78, 5) is 0. The molecule has 0 unspecified atom stereocenters. The Labute approximate surface area is 161 Å². The van der Waals surface area contributed by atoms with Gasteiger partial charge in [-0.2, -0.15) is 0 Å². The van der Waals surface area contributed by atoms with E-state index < -0.39 is 0 Å². The second kappa shape index (κ2) is 5.96. The molecule has 0 aromatic rings. The maximum absolute atomic E-state index is 10.2. The Bertz CT molecular complexity index is 554. The zero-order valence-electron chi connectivity index (χ0n) is 17.6. The average molecular weight is 361 g/mol. The van der Waals surface area contributed by atoms with E-state index in [0.29, 0.717) is 10.8 Å². The van der Waals surface area contributed by atoms with Crippen LogP contribution in [0.25, 0.3) is 0 Å². The van der Waals surface area contributed by atoms with Gasteiger partial charge in [0.05, 0.1) is 32.3 Å². The second-order valence-electron chi connectivity index (χ2n) is 11.9. The summed E-state index contributed by atoms with van der Waals surface area (Å²) in [5, 5.41) is 10.2. The van der Waals surface area contributed by atoms with Gasteiger partial charge in [0, 0.05) is 24.7 Å². The lowest BCUT2D eigenvalue weighted by atomic mass is 9.45. The molecule has 1 N–H and O–H groups in total. The van der Waals surface area contributed by atoms with Gasteiger partial charge in [0.15, 0.2) is 0 Å². The van der Waals surface area contributed by atoms with Crippen molar-refractivity contribution in [3.05, 3.63) is 0 Å². The molecule has 5 rings (SSSR count). The minimum absolute atomic E-state index is 0.00559. The van der Waals surface area contributed by atoms with Gasteiger partial charge in [-0.1, -0.05) is 13.8 Å². The largest absolute Gasteiger partial charge is 0.393 e. The van der Waals surface area contributed by atoms with E-state index in [4.69, 9.17) is 0 Å². The van der Waals surface area contributed by atoms with Gasteiger partial charge in [-0.05, 0) is 80.5 Å². The average Bonchev–Trinajstić information content (AvgIpc) is 3.19. The normalized spacial score (nSPS) is 55.8. The molecule has 1 saturated heterocycles. The van der Waals surface area contributed by atoms with E-state index in [1.807, 2.05) is 0 Å². The molecular weight excluding hydrogens is 318 g/mol. The topological polar surface area (TPSA) is 20.2 Å². The quantitative estimate of drug-likeness (QED) is 0.653. The van der Waals surface area contributed by atoms with Crippen LogP contribution in [-0.2, 0) is 0 Å². The summed E-state index contributed by atoms with van der Waals surface area (Å²) in [5.74, 6) is 3.74. The molecule has 1 heterocycles. The predicted octanol–water partition coefficient (Wildman–Crippen LogP) is 5.00. The third kappa shape index (κ3) is 2.36. The molecule has 26 heavy (non-hydrogen) atoms. The molecule has 2 heteroatoms. The third-order valence-corrected chi connectivity index (χ3v) is 10.9. The molecule has 4 saturated carbocycles. The molecule has 5 aliphatic rings. The van der Waals surface area contributed by atoms with E-state index in [9.17, 15) is 5.11 Å². The summed E-state index contributed by atoms with van der Waals surface area (Å²) in [7, 11) is 2.60. The number of quaternary nitrogens is 1. The van der Waals surface area contributed by atoms with Gasteiger partial charge in [0.1, 0.15) is 0 Å². The Kier molecular flexibility index (Phi) is 4.12. The Balaban J connectivity index is 1.41. The van der Waals surface area contributed by atoms with Gasteiger partial charge < -0.3 is 9.59 Å². The monoisotopic (exact) mass is 360 g/mol. The first-order valence-electron chi connectivity index (χ1n) is 11.9. The van der Waals surface area contributed by atoms with E-state index in [1.54, 1.807) is 0 Å². The van der Waals surface area contributed by atoms with Crippen molar-refractivity contribution in [2.24, 2.45) is 34.5 Å². The molecule has 0 spiro atoms. The Morgan fingerprint density at radius 3 is 2.27 bits per heavy atom. The lowest BCUT2D eigenvalue weighted by Gasteiger charge is -2.61. The van der Waals surface area contributed by atoms with Crippen LogP contribution in [0, 0.1) is 34.5 Å². The van der Waals surface area contributed by atoms with Crippen molar-refractivity contribution in [3.8, 4) is 0 Å². The molecule has 0 aromatic carbocycles. The van der Waals surface area contributed by atoms with Crippen LogP contribution in [0.4, 0.5) is 0 Å². The smallest absolute Gasteiger partial charge is 0.0945 e. The van der Waals surface area contributed by atoms with Crippen LogP contribution >= 0.6 is 0 Å². The number of aliphatic hydroxyl groups is 1. The molecule has 0 radical (unpaired) electrons. The highest BCUT2D eigenvalue weighted by Crippen LogP contribution is 2.67. The van der Waals surface area contributed by atoms with E-state index in [-0.39, 0.29) is 6.10 Å². The van der Waals surface area contributed by atoms with Crippen LogP contribution in [0.1, 0.15) is 84.5 Å². The predicted molar refractivity (Wildman–Crippen MR) is 107 cm³/mol. The van der Waals surface area contributed by atoms with Gasteiger partial charge in [0.25, 0.3) is 0 Å². The highest BCUT2D eigenvalue weighted by atomic mass is 16.3. The van der Waals surface area contributed by atoms with Crippen molar-refractivity contribution in [1.82, 2.24) is 0 Å². The lowest BCUT2D eigenvalue weighted by Crippen LogP contribution is -2.60. The fourth-order valence-corrected chi connectivity index (χ4v) is 9.60. The molecule has 5 fully saturated rings. The third-order valence-electron chi connectivity index (χ3n) is 10.9. The molecule has 0 aromatic heterocycles. The zero-order chi connectivity index (χ0) is 18.2. The molecule has 0 amide bonds. The maximum atomic E-state index is 10.2. The Morgan fingerprint density at radius 1 is 0.808 bits per heavy atom. The van der Waals surface area contributed by atoms with Crippen LogP contribution in [0.5, 0.6) is 0 Å². The van der Waals surface area contributed by atoms with E-state index in [1.165, 1.54) is 75.4 Å². The van der Waals surface area contributed by atoms with Crippen LogP contribution in [0.3, 0.4) is 0 Å². The summed E-state index contributed by atoms with van der Waals surface area (Å²) >= 11 is 0. The molecule has 148 valence electrons. The van der Waals surface area contributed by atoms with Crippen molar-refractivity contribution in [1.29, 1.82) is 0 Å². The van der Waals surface area contributed by atoms with Crippen LogP contribution < -0.4 is 0 Å². The van der Waals surface area contributed by atoms with Crippen molar-refractivity contribution in [3.63, 3.8) is 0 Å². The van der Waals surface area contributed by atoms with Crippen molar-refractivity contribution >= 4 is 0 Å². The van der Waals surface area contributed by atoms with Crippen LogP contribution in [-0.4, -0.2) is 41.9 Å². The number of hydrogen-bond donors (Lipinski definition) is 1. The summed E-state index contributed by atoms with van der Waals surface area (Å²) < 4.78 is 1.40. The van der Waals surface area contributed by atoms with Gasteiger partial charge in [-0.25, -0.2) is 0 Å². The number of fused-ring (bicyclic) bond motifs is 5. The summed E-state index contributed by atoms with van der Waals surface area (Å²) in [5.41, 5.74) is 1.14. The SMILES string of the molecule is C[C@]12CC[C@H](O)C[C@@H]1CC[C@@H]1[C@@H]2CC[C@@]2(C)[C@H]1CC[C@@H]2[N+]1(C)CCCC1. The number of nitrogens with zero attached hydrogens (tertiary/aromatic N) is 1. The highest BCUT2D eigenvalue weighted by Gasteiger charge is 2.63. The van der Waals surface area contributed by atoms with Gasteiger partial charge in [0.2, 0.25) is 0 Å². The van der Waals surface area contributed by atoms with E-state index >= 15 is 0 Å². The first-order chi connectivity index (χ1) is 12.4. The number of hydrogen-bond acceptors (Lipinski definition) is 1. The minimum atomic E-state index is -0.00559. The van der Waals surface area contributed by atoms with Crippen LogP contribution in [0.15, 0.2) is 0 Å². The first kappa shape index (κ1) is 18.0. The number of rotatable bonds is 1. The molecule has 4 aliphatic carbocycles. The van der Waals surface area contributed by atoms with Crippen molar-refractivity contribution in [2.75, 3.05) is 20.1 Å². The molecule has 0 bridgehead atoms. The van der Waals surface area contributed by atoms with E-state index in [0.717, 1.165) is 42.6 Å². The molecule has 8 atom stereocenters.